The van der Waals surface area contributed by atoms with E-state index in [1.165, 1.54) is 0 Å². The SMILES string of the molecule is CCN(CC)c1ccc(NC(=O)NCCOc2ccccc2C)cc1. The number of rotatable bonds is 8. The number of anilines is 2. The molecule has 0 spiro atoms. The Bertz CT molecular complexity index is 667. The number of aryl methyl sites for hydroxylation is 1. The lowest BCUT2D eigenvalue weighted by atomic mass is 10.2. The molecule has 0 saturated carbocycles. The third kappa shape index (κ3) is 5.71. The zero-order valence-corrected chi connectivity index (χ0v) is 15.2. The maximum absolute atomic E-state index is 11.9. The van der Waals surface area contributed by atoms with E-state index >= 15 is 0 Å². The molecule has 25 heavy (non-hydrogen) atoms. The average Bonchev–Trinajstić information content (AvgIpc) is 2.62. The number of ether oxygens (including phenoxy) is 1. The van der Waals surface area contributed by atoms with Gasteiger partial charge in [-0.2, -0.15) is 0 Å². The minimum atomic E-state index is -0.232. The molecule has 2 N–H and O–H groups in total. The molecule has 0 aliphatic carbocycles. The van der Waals surface area contributed by atoms with E-state index in [2.05, 4.69) is 29.4 Å². The fourth-order valence-corrected chi connectivity index (χ4v) is 2.56. The van der Waals surface area contributed by atoms with Crippen LogP contribution in [0, 0.1) is 6.92 Å². The van der Waals surface area contributed by atoms with Gasteiger partial charge in [0, 0.05) is 24.5 Å². The second-order valence-electron chi connectivity index (χ2n) is 5.71. The van der Waals surface area contributed by atoms with Crippen LogP contribution in [0.4, 0.5) is 16.2 Å². The molecule has 0 fully saturated rings. The van der Waals surface area contributed by atoms with E-state index in [4.69, 9.17) is 4.74 Å². The molecular formula is C20H27N3O2. The monoisotopic (exact) mass is 341 g/mol. The number of amides is 2. The van der Waals surface area contributed by atoms with Crippen molar-refractivity contribution in [3.8, 4) is 5.75 Å². The van der Waals surface area contributed by atoms with Crippen molar-refractivity contribution in [3.05, 3.63) is 54.1 Å². The van der Waals surface area contributed by atoms with Crippen LogP contribution in [0.15, 0.2) is 48.5 Å². The van der Waals surface area contributed by atoms with Crippen LogP contribution in [0.1, 0.15) is 19.4 Å². The Morgan fingerprint density at radius 1 is 1.04 bits per heavy atom. The van der Waals surface area contributed by atoms with Gasteiger partial charge in [-0.25, -0.2) is 4.79 Å². The van der Waals surface area contributed by atoms with Crippen molar-refractivity contribution < 1.29 is 9.53 Å². The highest BCUT2D eigenvalue weighted by Gasteiger charge is 2.04. The Hall–Kier alpha value is -2.69. The van der Waals surface area contributed by atoms with E-state index < -0.39 is 0 Å². The minimum Gasteiger partial charge on any atom is -0.491 e. The van der Waals surface area contributed by atoms with Gasteiger partial charge in [0.25, 0.3) is 0 Å². The van der Waals surface area contributed by atoms with Crippen LogP contribution >= 0.6 is 0 Å². The van der Waals surface area contributed by atoms with E-state index in [1.807, 2.05) is 55.5 Å². The minimum absolute atomic E-state index is 0.232. The molecule has 0 aliphatic rings. The number of nitrogens with one attached hydrogen (secondary N) is 2. The Morgan fingerprint density at radius 3 is 2.36 bits per heavy atom. The number of hydrogen-bond donors (Lipinski definition) is 2. The Balaban J connectivity index is 1.74. The predicted molar refractivity (Wildman–Crippen MR) is 104 cm³/mol. The Labute approximate surface area is 150 Å². The summed E-state index contributed by atoms with van der Waals surface area (Å²) in [7, 11) is 0. The predicted octanol–water partition coefficient (Wildman–Crippen LogP) is 4.04. The van der Waals surface area contributed by atoms with Crippen molar-refractivity contribution in [2.45, 2.75) is 20.8 Å². The van der Waals surface area contributed by atoms with Crippen molar-refractivity contribution >= 4 is 17.4 Å². The summed E-state index contributed by atoms with van der Waals surface area (Å²) in [5.41, 5.74) is 3.01. The van der Waals surface area contributed by atoms with Gasteiger partial charge in [0.05, 0.1) is 6.54 Å². The maximum atomic E-state index is 11.9. The lowest BCUT2D eigenvalue weighted by molar-refractivity contribution is 0.247. The normalized spacial score (nSPS) is 10.2. The molecule has 2 aromatic rings. The first-order chi connectivity index (χ1) is 12.1. The quantitative estimate of drug-likeness (QED) is 0.713. The molecule has 0 radical (unpaired) electrons. The van der Waals surface area contributed by atoms with Crippen molar-refractivity contribution in [2.75, 3.05) is 36.5 Å². The van der Waals surface area contributed by atoms with Crippen molar-refractivity contribution in [2.24, 2.45) is 0 Å². The van der Waals surface area contributed by atoms with Crippen LogP contribution in [-0.4, -0.2) is 32.3 Å². The molecule has 5 nitrogen and oxygen atoms in total. The number of para-hydroxylation sites is 1. The van der Waals surface area contributed by atoms with Crippen LogP contribution in [0.2, 0.25) is 0 Å². The van der Waals surface area contributed by atoms with Gasteiger partial charge in [-0.3, -0.25) is 0 Å². The molecule has 2 rings (SSSR count). The molecule has 0 bridgehead atoms. The van der Waals surface area contributed by atoms with Gasteiger partial charge in [-0.1, -0.05) is 18.2 Å². The molecule has 134 valence electrons. The largest absolute Gasteiger partial charge is 0.491 e. The third-order valence-electron chi connectivity index (χ3n) is 3.99. The van der Waals surface area contributed by atoms with E-state index in [0.717, 1.165) is 35.8 Å². The first kappa shape index (κ1) is 18.6. The number of carbonyl (C=O) groups is 1. The molecule has 0 saturated heterocycles. The molecule has 0 aromatic heterocycles. The fraction of sp³-hybridized carbons (Fsp3) is 0.350. The number of carbonyl (C=O) groups excluding carboxylic acids is 1. The van der Waals surface area contributed by atoms with E-state index in [1.54, 1.807) is 0 Å². The molecule has 2 aromatic carbocycles. The average molecular weight is 341 g/mol. The number of hydrogen-bond acceptors (Lipinski definition) is 3. The van der Waals surface area contributed by atoms with Crippen LogP contribution in [0.5, 0.6) is 5.75 Å². The van der Waals surface area contributed by atoms with Gasteiger partial charge in [-0.05, 0) is 56.7 Å². The van der Waals surface area contributed by atoms with Crippen molar-refractivity contribution in [1.29, 1.82) is 0 Å². The summed E-state index contributed by atoms with van der Waals surface area (Å²) in [4.78, 5) is 14.2. The second kappa shape index (κ2) is 9.57. The fourth-order valence-electron chi connectivity index (χ4n) is 2.56. The number of benzene rings is 2. The summed E-state index contributed by atoms with van der Waals surface area (Å²) in [5.74, 6) is 0.844. The highest BCUT2D eigenvalue weighted by Crippen LogP contribution is 2.18. The van der Waals surface area contributed by atoms with Crippen LogP contribution in [0.3, 0.4) is 0 Å². The zero-order chi connectivity index (χ0) is 18.1. The van der Waals surface area contributed by atoms with Crippen molar-refractivity contribution in [3.63, 3.8) is 0 Å². The molecule has 2 amide bonds. The molecule has 0 unspecified atom stereocenters. The van der Waals surface area contributed by atoms with E-state index in [9.17, 15) is 4.79 Å². The van der Waals surface area contributed by atoms with E-state index in [0.29, 0.717) is 13.2 Å². The highest BCUT2D eigenvalue weighted by atomic mass is 16.5. The van der Waals surface area contributed by atoms with Crippen LogP contribution in [-0.2, 0) is 0 Å². The smallest absolute Gasteiger partial charge is 0.319 e. The Morgan fingerprint density at radius 2 is 1.72 bits per heavy atom. The summed E-state index contributed by atoms with van der Waals surface area (Å²) in [6.45, 7) is 9.05. The number of urea groups is 1. The summed E-state index contributed by atoms with van der Waals surface area (Å²) in [5, 5.41) is 5.63. The van der Waals surface area contributed by atoms with Gasteiger partial charge >= 0.3 is 6.03 Å². The zero-order valence-electron chi connectivity index (χ0n) is 15.2. The lowest BCUT2D eigenvalue weighted by Crippen LogP contribution is -2.32. The summed E-state index contributed by atoms with van der Waals surface area (Å²) < 4.78 is 5.66. The van der Waals surface area contributed by atoms with Gasteiger partial charge in [0.15, 0.2) is 0 Å². The summed E-state index contributed by atoms with van der Waals surface area (Å²) in [6, 6.07) is 15.5. The first-order valence-corrected chi connectivity index (χ1v) is 8.72. The summed E-state index contributed by atoms with van der Waals surface area (Å²) >= 11 is 0. The molecule has 5 heteroatoms. The van der Waals surface area contributed by atoms with Gasteiger partial charge in [0.1, 0.15) is 12.4 Å². The molecular weight excluding hydrogens is 314 g/mol. The lowest BCUT2D eigenvalue weighted by Gasteiger charge is -2.21. The van der Waals surface area contributed by atoms with Crippen LogP contribution < -0.4 is 20.3 Å². The molecule has 0 heterocycles. The highest BCUT2D eigenvalue weighted by molar-refractivity contribution is 5.89. The van der Waals surface area contributed by atoms with Gasteiger partial charge in [0.2, 0.25) is 0 Å². The molecule has 0 aliphatic heterocycles. The first-order valence-electron chi connectivity index (χ1n) is 8.72. The topological polar surface area (TPSA) is 53.6 Å². The summed E-state index contributed by atoms with van der Waals surface area (Å²) in [6.07, 6.45) is 0. The second-order valence-corrected chi connectivity index (χ2v) is 5.71. The number of nitrogens with zero attached hydrogens (tertiary/aromatic N) is 1. The van der Waals surface area contributed by atoms with Crippen molar-refractivity contribution in [1.82, 2.24) is 5.32 Å². The van der Waals surface area contributed by atoms with E-state index in [-0.39, 0.29) is 6.03 Å². The van der Waals surface area contributed by atoms with Gasteiger partial charge in [-0.15, -0.1) is 0 Å². The third-order valence-corrected chi connectivity index (χ3v) is 3.99. The molecule has 0 atom stereocenters. The Kier molecular flexibility index (Phi) is 7.14. The standard InChI is InChI=1S/C20H27N3O2/c1-4-23(5-2)18-12-10-17(11-13-18)22-20(24)21-14-15-25-19-9-7-6-8-16(19)3/h6-13H,4-5,14-15H2,1-3H3,(H2,21,22,24). The van der Waals surface area contributed by atoms with Gasteiger partial charge < -0.3 is 20.3 Å². The van der Waals surface area contributed by atoms with Crippen LogP contribution in [0.25, 0.3) is 0 Å². The maximum Gasteiger partial charge on any atom is 0.319 e.